The lowest BCUT2D eigenvalue weighted by Crippen LogP contribution is -2.43. The third-order valence-electron chi connectivity index (χ3n) is 5.03. The lowest BCUT2D eigenvalue weighted by atomic mass is 10.0. The molecule has 0 saturated carbocycles. The summed E-state index contributed by atoms with van der Waals surface area (Å²) in [6.07, 6.45) is 0.172. The van der Waals surface area contributed by atoms with Crippen LogP contribution in [0.3, 0.4) is 0 Å². The van der Waals surface area contributed by atoms with E-state index in [9.17, 15) is 9.59 Å². The highest BCUT2D eigenvalue weighted by molar-refractivity contribution is 5.81. The van der Waals surface area contributed by atoms with E-state index >= 15 is 0 Å². The molecule has 1 heterocycles. The zero-order valence-corrected chi connectivity index (χ0v) is 18.1. The van der Waals surface area contributed by atoms with Gasteiger partial charge in [0, 0.05) is 33.3 Å². The highest BCUT2D eigenvalue weighted by Crippen LogP contribution is 2.20. The Bertz CT molecular complexity index is 647. The first kappa shape index (κ1) is 23.2. The van der Waals surface area contributed by atoms with Crippen molar-refractivity contribution in [1.82, 2.24) is 9.80 Å². The molecule has 1 aromatic rings. The van der Waals surface area contributed by atoms with Crippen molar-refractivity contribution < 1.29 is 23.8 Å². The second-order valence-corrected chi connectivity index (χ2v) is 7.59. The number of ether oxygens (including phenoxy) is 3. The van der Waals surface area contributed by atoms with E-state index in [4.69, 9.17) is 14.2 Å². The molecule has 1 aliphatic rings. The fourth-order valence-corrected chi connectivity index (χ4v) is 3.22. The number of methoxy groups -OCH3 is 1. The van der Waals surface area contributed by atoms with Gasteiger partial charge < -0.3 is 24.0 Å². The minimum absolute atomic E-state index is 0.0448. The maximum Gasteiger partial charge on any atom is 0.263 e. The van der Waals surface area contributed by atoms with Crippen LogP contribution in [-0.4, -0.2) is 80.8 Å². The molecule has 0 radical (unpaired) electrons. The van der Waals surface area contributed by atoms with E-state index in [-0.39, 0.29) is 18.4 Å². The van der Waals surface area contributed by atoms with Crippen molar-refractivity contribution >= 4 is 11.8 Å². The van der Waals surface area contributed by atoms with Crippen molar-refractivity contribution in [3.63, 3.8) is 0 Å². The van der Waals surface area contributed by atoms with E-state index < -0.39 is 6.10 Å². The van der Waals surface area contributed by atoms with Crippen LogP contribution < -0.4 is 4.74 Å². The molecule has 0 spiro atoms. The summed E-state index contributed by atoms with van der Waals surface area (Å²) in [6, 6.07) is 7.87. The summed E-state index contributed by atoms with van der Waals surface area (Å²) in [4.78, 5) is 28.6. The predicted octanol–water partition coefficient (Wildman–Crippen LogP) is 2.30. The zero-order chi connectivity index (χ0) is 21.2. The van der Waals surface area contributed by atoms with E-state index in [1.54, 1.807) is 23.8 Å². The number of benzene rings is 1. The zero-order valence-electron chi connectivity index (χ0n) is 18.1. The number of nitrogens with zero attached hydrogens (tertiary/aromatic N) is 2. The van der Waals surface area contributed by atoms with Gasteiger partial charge in [-0.2, -0.15) is 0 Å². The Morgan fingerprint density at radius 1 is 0.966 bits per heavy atom. The van der Waals surface area contributed by atoms with Gasteiger partial charge in [0.15, 0.2) is 6.10 Å². The van der Waals surface area contributed by atoms with Crippen molar-refractivity contribution in [1.29, 1.82) is 0 Å². The molecule has 0 aromatic heterocycles. The number of hydrogen-bond acceptors (Lipinski definition) is 5. The lowest BCUT2D eigenvalue weighted by molar-refractivity contribution is -0.139. The fraction of sp³-hybridized carbons (Fsp3) is 0.636. The molecule has 0 aliphatic carbocycles. The average molecular weight is 407 g/mol. The summed E-state index contributed by atoms with van der Waals surface area (Å²) in [7, 11) is 1.59. The smallest absolute Gasteiger partial charge is 0.263 e. The number of carbonyl (C=O) groups is 2. The molecule has 1 aliphatic heterocycles. The van der Waals surface area contributed by atoms with Gasteiger partial charge >= 0.3 is 0 Å². The first-order chi connectivity index (χ1) is 13.9. The van der Waals surface area contributed by atoms with Gasteiger partial charge in [0.25, 0.3) is 5.91 Å². The molecule has 7 nitrogen and oxygen atoms in total. The SMILES string of the molecule is COCCOCC(=O)N1CCCN(C(=O)C(C)Oc2ccc(C(C)C)cc2)CC1. The molecule has 29 heavy (non-hydrogen) atoms. The largest absolute Gasteiger partial charge is 0.481 e. The molecule has 1 aromatic carbocycles. The van der Waals surface area contributed by atoms with Gasteiger partial charge in [-0.15, -0.1) is 0 Å². The van der Waals surface area contributed by atoms with Gasteiger partial charge in [-0.1, -0.05) is 26.0 Å². The molecule has 2 rings (SSSR count). The maximum absolute atomic E-state index is 12.8. The summed E-state index contributed by atoms with van der Waals surface area (Å²) >= 11 is 0. The van der Waals surface area contributed by atoms with Gasteiger partial charge in [0.05, 0.1) is 13.2 Å². The molecular weight excluding hydrogens is 372 g/mol. The highest BCUT2D eigenvalue weighted by atomic mass is 16.5. The minimum Gasteiger partial charge on any atom is -0.481 e. The normalized spacial score (nSPS) is 15.9. The van der Waals surface area contributed by atoms with Crippen LogP contribution >= 0.6 is 0 Å². The summed E-state index contributed by atoms with van der Waals surface area (Å²) in [5.74, 6) is 1.04. The summed E-state index contributed by atoms with van der Waals surface area (Å²) in [5, 5.41) is 0. The van der Waals surface area contributed by atoms with Crippen LogP contribution in [0, 0.1) is 0 Å². The van der Waals surface area contributed by atoms with Crippen molar-refractivity contribution in [3.8, 4) is 5.75 Å². The van der Waals surface area contributed by atoms with E-state index in [1.807, 2.05) is 24.3 Å². The Morgan fingerprint density at radius 3 is 2.28 bits per heavy atom. The molecule has 0 bridgehead atoms. The van der Waals surface area contributed by atoms with Crippen LogP contribution in [0.5, 0.6) is 5.75 Å². The van der Waals surface area contributed by atoms with Crippen molar-refractivity contribution in [2.45, 2.75) is 39.2 Å². The van der Waals surface area contributed by atoms with Gasteiger partial charge in [-0.3, -0.25) is 9.59 Å². The van der Waals surface area contributed by atoms with E-state index in [2.05, 4.69) is 13.8 Å². The molecule has 0 N–H and O–H groups in total. The summed E-state index contributed by atoms with van der Waals surface area (Å²) in [6.45, 7) is 9.22. The van der Waals surface area contributed by atoms with Crippen LogP contribution in [0.4, 0.5) is 0 Å². The quantitative estimate of drug-likeness (QED) is 0.589. The Balaban J connectivity index is 1.82. The predicted molar refractivity (Wildman–Crippen MR) is 111 cm³/mol. The van der Waals surface area contributed by atoms with Gasteiger partial charge in [0.2, 0.25) is 5.91 Å². The number of carbonyl (C=O) groups excluding carboxylic acids is 2. The van der Waals surface area contributed by atoms with Crippen molar-refractivity contribution in [2.75, 3.05) is 53.1 Å². The third kappa shape index (κ3) is 7.33. The first-order valence-electron chi connectivity index (χ1n) is 10.3. The van der Waals surface area contributed by atoms with Crippen LogP contribution in [-0.2, 0) is 19.1 Å². The molecule has 1 fully saturated rings. The van der Waals surface area contributed by atoms with E-state index in [0.29, 0.717) is 51.1 Å². The van der Waals surface area contributed by atoms with Crippen molar-refractivity contribution in [3.05, 3.63) is 29.8 Å². The Labute approximate surface area is 173 Å². The number of rotatable bonds is 9. The number of amides is 2. The molecule has 7 heteroatoms. The average Bonchev–Trinajstić information content (AvgIpc) is 2.97. The molecule has 1 saturated heterocycles. The van der Waals surface area contributed by atoms with Gasteiger partial charge in [-0.05, 0) is 37.0 Å². The summed E-state index contributed by atoms with van der Waals surface area (Å²) < 4.78 is 16.1. The van der Waals surface area contributed by atoms with Crippen LogP contribution in [0.25, 0.3) is 0 Å². The standard InChI is InChI=1S/C22H34N2O5/c1-17(2)19-6-8-20(9-7-19)29-18(3)22(26)24-11-5-10-23(12-13-24)21(25)16-28-15-14-27-4/h6-9,17-18H,5,10-16H2,1-4H3. The Kier molecular flexibility index (Phi) is 9.41. The molecule has 1 atom stereocenters. The third-order valence-corrected chi connectivity index (χ3v) is 5.03. The van der Waals surface area contributed by atoms with Crippen LogP contribution in [0.15, 0.2) is 24.3 Å². The Hall–Kier alpha value is -2.12. The second-order valence-electron chi connectivity index (χ2n) is 7.59. The van der Waals surface area contributed by atoms with Crippen LogP contribution in [0.1, 0.15) is 38.7 Å². The maximum atomic E-state index is 12.8. The van der Waals surface area contributed by atoms with Crippen molar-refractivity contribution in [2.24, 2.45) is 0 Å². The fourth-order valence-electron chi connectivity index (χ4n) is 3.22. The first-order valence-corrected chi connectivity index (χ1v) is 10.3. The lowest BCUT2D eigenvalue weighted by Gasteiger charge is -2.25. The monoisotopic (exact) mass is 406 g/mol. The van der Waals surface area contributed by atoms with E-state index in [0.717, 1.165) is 6.42 Å². The summed E-state index contributed by atoms with van der Waals surface area (Å²) in [5.41, 5.74) is 1.24. The molecule has 162 valence electrons. The van der Waals surface area contributed by atoms with Crippen LogP contribution in [0.2, 0.25) is 0 Å². The van der Waals surface area contributed by atoms with E-state index in [1.165, 1.54) is 5.56 Å². The highest BCUT2D eigenvalue weighted by Gasteiger charge is 2.26. The topological polar surface area (TPSA) is 68.3 Å². The van der Waals surface area contributed by atoms with Gasteiger partial charge in [0.1, 0.15) is 12.4 Å². The number of hydrogen-bond donors (Lipinski definition) is 0. The minimum atomic E-state index is -0.570. The molecule has 1 unspecified atom stereocenters. The molecular formula is C22H34N2O5. The molecule has 2 amide bonds. The second kappa shape index (κ2) is 11.8. The Morgan fingerprint density at radius 2 is 1.62 bits per heavy atom. The van der Waals surface area contributed by atoms with Gasteiger partial charge in [-0.25, -0.2) is 0 Å².